The predicted octanol–water partition coefficient (Wildman–Crippen LogP) is 8.24. The zero-order chi connectivity index (χ0) is 32.8. The van der Waals surface area contributed by atoms with Crippen molar-refractivity contribution in [2.45, 2.75) is 90.0 Å². The topological polar surface area (TPSA) is 109 Å². The van der Waals surface area contributed by atoms with Crippen LogP contribution in [0.1, 0.15) is 97.8 Å². The summed E-state index contributed by atoms with van der Waals surface area (Å²) in [6.45, 7) is 7.70. The van der Waals surface area contributed by atoms with Gasteiger partial charge in [0, 0.05) is 40.7 Å². The third-order valence-corrected chi connectivity index (χ3v) is 10.4. The number of benzene rings is 2. The summed E-state index contributed by atoms with van der Waals surface area (Å²) in [5, 5.41) is 11.9. The number of carboxylic acid groups (broad SMARTS) is 1. The average Bonchev–Trinajstić information content (AvgIpc) is 3.57. The van der Waals surface area contributed by atoms with Crippen LogP contribution in [0.5, 0.6) is 0 Å². The molecule has 1 aliphatic rings. The first-order valence-corrected chi connectivity index (χ1v) is 17.0. The molecule has 4 aromatic rings. The smallest absolute Gasteiger partial charge is 0.325 e. The Bertz CT molecular complexity index is 1650. The number of hydrogen-bond donors (Lipinski definition) is 2. The number of hydrogen-bond acceptors (Lipinski definition) is 6. The second-order valence-corrected chi connectivity index (χ2v) is 14.5. The summed E-state index contributed by atoms with van der Waals surface area (Å²) < 4.78 is 0. The monoisotopic (exact) mass is 637 g/mol. The molecule has 1 saturated carbocycles. The Labute approximate surface area is 275 Å². The highest BCUT2D eigenvalue weighted by Gasteiger charge is 2.27. The Balaban J connectivity index is 1.27. The molecular weight excluding hydrogens is 595 g/mol. The number of thiophene rings is 1. The van der Waals surface area contributed by atoms with Gasteiger partial charge in [-0.05, 0) is 66.3 Å². The van der Waals surface area contributed by atoms with E-state index in [0.29, 0.717) is 23.0 Å². The van der Waals surface area contributed by atoms with Gasteiger partial charge in [-0.15, -0.1) is 11.3 Å². The van der Waals surface area contributed by atoms with Crippen LogP contribution in [0.4, 0.5) is 0 Å². The van der Waals surface area contributed by atoms with Crippen LogP contribution in [0.15, 0.2) is 73.1 Å². The van der Waals surface area contributed by atoms with Crippen LogP contribution in [0.3, 0.4) is 0 Å². The zero-order valence-electron chi connectivity index (χ0n) is 27.1. The second kappa shape index (κ2) is 14.5. The van der Waals surface area contributed by atoms with E-state index in [-0.39, 0.29) is 17.6 Å². The van der Waals surface area contributed by atoms with Gasteiger partial charge in [0.1, 0.15) is 6.04 Å². The lowest BCUT2D eigenvalue weighted by Crippen LogP contribution is -2.42. The molecule has 1 amide bonds. The summed E-state index contributed by atoms with van der Waals surface area (Å²) in [6.07, 6.45) is 10.5. The van der Waals surface area contributed by atoms with Gasteiger partial charge in [-0.2, -0.15) is 0 Å². The van der Waals surface area contributed by atoms with Gasteiger partial charge in [0.05, 0.1) is 4.88 Å². The number of rotatable bonds is 11. The minimum Gasteiger partial charge on any atom is -0.480 e. The number of Topliss-reactive ketones (excluding diaryl/α,β-unsaturated/α-hetero) is 1. The van der Waals surface area contributed by atoms with Crippen molar-refractivity contribution in [2.24, 2.45) is 5.92 Å². The van der Waals surface area contributed by atoms with E-state index in [0.717, 1.165) is 27.1 Å². The lowest BCUT2D eigenvalue weighted by Gasteiger charge is -2.22. The van der Waals surface area contributed by atoms with Crippen LogP contribution in [-0.2, 0) is 21.4 Å². The normalized spacial score (nSPS) is 15.2. The third kappa shape index (κ3) is 8.35. The molecule has 0 bridgehead atoms. The third-order valence-electron chi connectivity index (χ3n) is 8.82. The fraction of sp³-hybridized carbons (Fsp3) is 0.395. The highest BCUT2D eigenvalue weighted by molar-refractivity contribution is 7.14. The van der Waals surface area contributed by atoms with Crippen molar-refractivity contribution in [2.75, 3.05) is 0 Å². The summed E-state index contributed by atoms with van der Waals surface area (Å²) in [5.74, 6) is -1.16. The molecule has 2 N–H and O–H groups in total. The standard InChI is InChI=1S/C38H43N3O4S/c1-24(37(44)45)41-36(43)30(21-32(42)33-18-19-34(46-33)38(2,3)4)20-25-10-12-29(13-11-25)35-39-22-31(23-40-35)28-16-14-27(15-17-28)26-8-6-5-7-9-26/h10-19,22-24,26,30H,5-9,20-21H2,1-4H3,(H,41,43)(H,44,45)/t24-,30-/m1/s1. The number of carbonyl (C=O) groups is 3. The van der Waals surface area contributed by atoms with Gasteiger partial charge >= 0.3 is 5.97 Å². The van der Waals surface area contributed by atoms with Crippen LogP contribution in [0.25, 0.3) is 22.5 Å². The van der Waals surface area contributed by atoms with E-state index in [4.69, 9.17) is 0 Å². The first-order valence-electron chi connectivity index (χ1n) is 16.2. The molecule has 0 unspecified atom stereocenters. The largest absolute Gasteiger partial charge is 0.480 e. The minimum absolute atomic E-state index is 0.0176. The molecule has 0 aliphatic heterocycles. The Hall–Kier alpha value is -4.17. The fourth-order valence-electron chi connectivity index (χ4n) is 5.95. The Morgan fingerprint density at radius 2 is 1.50 bits per heavy atom. The van der Waals surface area contributed by atoms with Crippen molar-refractivity contribution in [1.82, 2.24) is 15.3 Å². The number of nitrogens with zero attached hydrogens (tertiary/aromatic N) is 2. The fourth-order valence-corrected chi connectivity index (χ4v) is 6.96. The van der Waals surface area contributed by atoms with Crippen molar-refractivity contribution in [3.63, 3.8) is 0 Å². The molecule has 1 fully saturated rings. The van der Waals surface area contributed by atoms with Crippen LogP contribution in [0, 0.1) is 5.92 Å². The maximum Gasteiger partial charge on any atom is 0.325 e. The van der Waals surface area contributed by atoms with E-state index in [1.165, 1.54) is 55.9 Å². The molecule has 240 valence electrons. The number of aromatic nitrogens is 2. The van der Waals surface area contributed by atoms with Crippen molar-refractivity contribution >= 4 is 29.0 Å². The molecule has 0 saturated heterocycles. The molecule has 2 atom stereocenters. The second-order valence-electron chi connectivity index (χ2n) is 13.5. The van der Waals surface area contributed by atoms with Gasteiger partial charge in [0.2, 0.25) is 5.91 Å². The Kier molecular flexibility index (Phi) is 10.5. The Morgan fingerprint density at radius 3 is 2.09 bits per heavy atom. The molecule has 46 heavy (non-hydrogen) atoms. The molecule has 2 heterocycles. The van der Waals surface area contributed by atoms with E-state index < -0.39 is 23.8 Å². The van der Waals surface area contributed by atoms with Gasteiger partial charge in [0.25, 0.3) is 0 Å². The molecule has 5 rings (SSSR count). The predicted molar refractivity (Wildman–Crippen MR) is 183 cm³/mol. The first kappa shape index (κ1) is 33.2. The van der Waals surface area contributed by atoms with E-state index >= 15 is 0 Å². The van der Waals surface area contributed by atoms with Crippen molar-refractivity contribution in [1.29, 1.82) is 0 Å². The SMILES string of the molecule is C[C@@H](NC(=O)[C@@H](CC(=O)c1ccc(C(C)(C)C)s1)Cc1ccc(-c2ncc(-c3ccc(C4CCCCC4)cc3)cn2)cc1)C(=O)O. The van der Waals surface area contributed by atoms with E-state index in [1.807, 2.05) is 48.8 Å². The number of carbonyl (C=O) groups excluding carboxylic acids is 2. The number of amides is 1. The summed E-state index contributed by atoms with van der Waals surface area (Å²) in [4.78, 5) is 48.8. The number of ketones is 1. The lowest BCUT2D eigenvalue weighted by molar-refractivity contribution is -0.141. The van der Waals surface area contributed by atoms with Crippen molar-refractivity contribution in [3.05, 3.63) is 93.9 Å². The molecule has 0 radical (unpaired) electrons. The van der Waals surface area contributed by atoms with E-state index in [9.17, 15) is 19.5 Å². The van der Waals surface area contributed by atoms with Crippen LogP contribution in [-0.4, -0.2) is 38.8 Å². The summed E-state index contributed by atoms with van der Waals surface area (Å²) in [7, 11) is 0. The summed E-state index contributed by atoms with van der Waals surface area (Å²) in [6, 6.07) is 19.2. The van der Waals surface area contributed by atoms with Gasteiger partial charge in [-0.3, -0.25) is 14.4 Å². The highest BCUT2D eigenvalue weighted by atomic mass is 32.1. The molecule has 7 nitrogen and oxygen atoms in total. The molecule has 1 aliphatic carbocycles. The summed E-state index contributed by atoms with van der Waals surface area (Å²) in [5.41, 5.74) is 5.09. The molecular formula is C38H43N3O4S. The Morgan fingerprint density at radius 1 is 0.870 bits per heavy atom. The number of aliphatic carboxylic acids is 1. The van der Waals surface area contributed by atoms with Crippen LogP contribution < -0.4 is 5.32 Å². The van der Waals surface area contributed by atoms with Gasteiger partial charge in [0.15, 0.2) is 11.6 Å². The summed E-state index contributed by atoms with van der Waals surface area (Å²) >= 11 is 1.44. The number of carboxylic acids is 1. The van der Waals surface area contributed by atoms with E-state index in [2.05, 4.69) is 60.3 Å². The zero-order valence-corrected chi connectivity index (χ0v) is 27.9. The maximum absolute atomic E-state index is 13.3. The average molecular weight is 638 g/mol. The van der Waals surface area contributed by atoms with Crippen molar-refractivity contribution in [3.8, 4) is 22.5 Å². The van der Waals surface area contributed by atoms with E-state index in [1.54, 1.807) is 0 Å². The van der Waals surface area contributed by atoms with Crippen molar-refractivity contribution < 1.29 is 19.5 Å². The highest BCUT2D eigenvalue weighted by Crippen LogP contribution is 2.34. The molecule has 0 spiro atoms. The van der Waals surface area contributed by atoms with Gasteiger partial charge in [-0.25, -0.2) is 9.97 Å². The lowest BCUT2D eigenvalue weighted by atomic mass is 9.84. The van der Waals surface area contributed by atoms with Crippen LogP contribution >= 0.6 is 11.3 Å². The van der Waals surface area contributed by atoms with Gasteiger partial charge < -0.3 is 10.4 Å². The molecule has 2 aromatic heterocycles. The molecule has 2 aromatic carbocycles. The number of nitrogens with one attached hydrogen (secondary N) is 1. The minimum atomic E-state index is -1.13. The first-order chi connectivity index (χ1) is 22.0. The quantitative estimate of drug-likeness (QED) is 0.160. The van der Waals surface area contributed by atoms with Crippen LogP contribution in [0.2, 0.25) is 0 Å². The maximum atomic E-state index is 13.3. The molecule has 8 heteroatoms. The van der Waals surface area contributed by atoms with Gasteiger partial charge in [-0.1, -0.05) is 88.6 Å².